The zero-order valence-electron chi connectivity index (χ0n) is 12.4. The fraction of sp³-hybridized carbons (Fsp3) is 0.867. The van der Waals surface area contributed by atoms with Gasteiger partial charge in [-0.3, -0.25) is 4.79 Å². The van der Waals surface area contributed by atoms with E-state index in [1.54, 1.807) is 0 Å². The maximum Gasteiger partial charge on any atom is 0.329 e. The Morgan fingerprint density at radius 3 is 2.75 bits per heavy atom. The SMILES string of the molecule is CCC1OCCC1C(=O)NC1(C(=O)O)CCCC(C)C1. The summed E-state index contributed by atoms with van der Waals surface area (Å²) in [6, 6.07) is 0. The van der Waals surface area contributed by atoms with E-state index in [0.29, 0.717) is 31.8 Å². The second kappa shape index (κ2) is 6.12. The van der Waals surface area contributed by atoms with Crippen LogP contribution in [0, 0.1) is 11.8 Å². The van der Waals surface area contributed by atoms with Crippen LogP contribution in [-0.2, 0) is 14.3 Å². The van der Waals surface area contributed by atoms with Crippen LogP contribution in [0.4, 0.5) is 0 Å². The van der Waals surface area contributed by atoms with Gasteiger partial charge in [0.1, 0.15) is 5.54 Å². The van der Waals surface area contributed by atoms with Gasteiger partial charge in [0, 0.05) is 6.61 Å². The van der Waals surface area contributed by atoms with Crippen molar-refractivity contribution in [1.29, 1.82) is 0 Å². The number of hydrogen-bond donors (Lipinski definition) is 2. The quantitative estimate of drug-likeness (QED) is 0.827. The number of hydrogen-bond acceptors (Lipinski definition) is 3. The van der Waals surface area contributed by atoms with E-state index >= 15 is 0 Å². The zero-order chi connectivity index (χ0) is 14.8. The summed E-state index contributed by atoms with van der Waals surface area (Å²) in [7, 11) is 0. The molecular formula is C15H25NO4. The molecule has 1 saturated heterocycles. The highest BCUT2D eigenvalue weighted by Gasteiger charge is 2.45. The normalized spacial score (nSPS) is 37.6. The van der Waals surface area contributed by atoms with E-state index in [9.17, 15) is 14.7 Å². The van der Waals surface area contributed by atoms with Crippen molar-refractivity contribution < 1.29 is 19.4 Å². The molecule has 2 fully saturated rings. The van der Waals surface area contributed by atoms with E-state index in [1.807, 2.05) is 6.92 Å². The van der Waals surface area contributed by atoms with Gasteiger partial charge in [-0.25, -0.2) is 4.79 Å². The molecule has 0 aromatic heterocycles. The maximum atomic E-state index is 12.4. The number of rotatable bonds is 4. The van der Waals surface area contributed by atoms with E-state index in [2.05, 4.69) is 12.2 Å². The first-order valence-corrected chi connectivity index (χ1v) is 7.65. The van der Waals surface area contributed by atoms with Gasteiger partial charge in [0.15, 0.2) is 0 Å². The number of nitrogens with one attached hydrogen (secondary N) is 1. The predicted octanol–water partition coefficient (Wildman–Crippen LogP) is 1.95. The molecule has 2 rings (SSSR count). The second-order valence-electron chi connectivity index (χ2n) is 6.29. The topological polar surface area (TPSA) is 75.6 Å². The van der Waals surface area contributed by atoms with Gasteiger partial charge >= 0.3 is 5.97 Å². The highest BCUT2D eigenvalue weighted by Crippen LogP contribution is 2.34. The maximum absolute atomic E-state index is 12.4. The van der Waals surface area contributed by atoms with Crippen LogP contribution in [0.1, 0.15) is 52.4 Å². The number of carboxylic acid groups (broad SMARTS) is 1. The summed E-state index contributed by atoms with van der Waals surface area (Å²) in [6.07, 6.45) is 4.36. The summed E-state index contributed by atoms with van der Waals surface area (Å²) in [5, 5.41) is 12.4. The largest absolute Gasteiger partial charge is 0.480 e. The van der Waals surface area contributed by atoms with E-state index in [0.717, 1.165) is 19.3 Å². The summed E-state index contributed by atoms with van der Waals surface area (Å²) < 4.78 is 5.53. The average Bonchev–Trinajstić information content (AvgIpc) is 2.86. The second-order valence-corrected chi connectivity index (χ2v) is 6.29. The van der Waals surface area contributed by atoms with Crippen molar-refractivity contribution in [3.63, 3.8) is 0 Å². The average molecular weight is 283 g/mol. The number of aliphatic carboxylic acids is 1. The Balaban J connectivity index is 2.08. The summed E-state index contributed by atoms with van der Waals surface area (Å²) in [4.78, 5) is 24.1. The van der Waals surface area contributed by atoms with Gasteiger partial charge in [-0.05, 0) is 31.6 Å². The third kappa shape index (κ3) is 2.97. The highest BCUT2D eigenvalue weighted by molar-refractivity contribution is 5.88. The Bertz CT molecular complexity index is 384. The standard InChI is InChI=1S/C15H25NO4/c1-3-12-11(6-8-20-12)13(17)16-15(14(18)19)7-4-5-10(2)9-15/h10-12H,3-9H2,1-2H3,(H,16,17)(H,18,19). The van der Waals surface area contributed by atoms with Crippen LogP contribution in [0.15, 0.2) is 0 Å². The number of carbonyl (C=O) groups is 2. The third-order valence-electron chi connectivity index (χ3n) is 4.72. The number of amides is 1. The van der Waals surface area contributed by atoms with Crippen LogP contribution in [0.3, 0.4) is 0 Å². The lowest BCUT2D eigenvalue weighted by molar-refractivity contribution is -0.151. The van der Waals surface area contributed by atoms with E-state index < -0.39 is 11.5 Å². The first kappa shape index (κ1) is 15.3. The lowest BCUT2D eigenvalue weighted by atomic mass is 9.76. The minimum absolute atomic E-state index is 0.0677. The van der Waals surface area contributed by atoms with Crippen LogP contribution in [-0.4, -0.2) is 35.2 Å². The molecule has 1 aliphatic heterocycles. The Hall–Kier alpha value is -1.10. The van der Waals surface area contributed by atoms with Gasteiger partial charge in [-0.1, -0.05) is 26.7 Å². The molecule has 0 bridgehead atoms. The molecule has 0 spiro atoms. The molecular weight excluding hydrogens is 258 g/mol. The van der Waals surface area contributed by atoms with Crippen molar-refractivity contribution in [2.75, 3.05) is 6.61 Å². The molecule has 1 saturated carbocycles. The van der Waals surface area contributed by atoms with Gasteiger partial charge in [0.2, 0.25) is 5.91 Å². The van der Waals surface area contributed by atoms with Crippen LogP contribution < -0.4 is 5.32 Å². The number of carboxylic acids is 1. The molecule has 1 aliphatic carbocycles. The van der Waals surface area contributed by atoms with E-state index in [4.69, 9.17) is 4.74 Å². The number of ether oxygens (including phenoxy) is 1. The fourth-order valence-corrected chi connectivity index (χ4v) is 3.59. The lowest BCUT2D eigenvalue weighted by Crippen LogP contribution is -2.58. The molecule has 2 aliphatic rings. The molecule has 114 valence electrons. The molecule has 1 heterocycles. The molecule has 4 unspecified atom stereocenters. The van der Waals surface area contributed by atoms with E-state index in [1.165, 1.54) is 0 Å². The Morgan fingerprint density at radius 1 is 1.40 bits per heavy atom. The van der Waals surface area contributed by atoms with Crippen molar-refractivity contribution in [3.8, 4) is 0 Å². The molecule has 0 aromatic rings. The molecule has 5 nitrogen and oxygen atoms in total. The summed E-state index contributed by atoms with van der Waals surface area (Å²) >= 11 is 0. The monoisotopic (exact) mass is 283 g/mol. The van der Waals surface area contributed by atoms with Crippen molar-refractivity contribution in [2.45, 2.75) is 64.0 Å². The molecule has 0 radical (unpaired) electrons. The fourth-order valence-electron chi connectivity index (χ4n) is 3.59. The molecule has 20 heavy (non-hydrogen) atoms. The number of carbonyl (C=O) groups excluding carboxylic acids is 1. The van der Waals surface area contributed by atoms with Gasteiger partial charge in [0.25, 0.3) is 0 Å². The Kier molecular flexibility index (Phi) is 4.68. The molecule has 0 aromatic carbocycles. The van der Waals surface area contributed by atoms with E-state index in [-0.39, 0.29) is 17.9 Å². The van der Waals surface area contributed by atoms with Crippen LogP contribution in [0.25, 0.3) is 0 Å². The Labute approximate surface area is 120 Å². The molecule has 5 heteroatoms. The third-order valence-corrected chi connectivity index (χ3v) is 4.72. The summed E-state index contributed by atoms with van der Waals surface area (Å²) in [5.41, 5.74) is -1.07. The van der Waals surface area contributed by atoms with Crippen LogP contribution in [0.5, 0.6) is 0 Å². The molecule has 2 N–H and O–H groups in total. The first-order chi connectivity index (χ1) is 9.48. The van der Waals surface area contributed by atoms with Crippen molar-refractivity contribution >= 4 is 11.9 Å². The van der Waals surface area contributed by atoms with Crippen LogP contribution >= 0.6 is 0 Å². The smallest absolute Gasteiger partial charge is 0.329 e. The highest BCUT2D eigenvalue weighted by atomic mass is 16.5. The minimum atomic E-state index is -1.07. The first-order valence-electron chi connectivity index (χ1n) is 7.65. The minimum Gasteiger partial charge on any atom is -0.480 e. The van der Waals surface area contributed by atoms with Gasteiger partial charge < -0.3 is 15.2 Å². The van der Waals surface area contributed by atoms with Gasteiger partial charge in [-0.15, -0.1) is 0 Å². The lowest BCUT2D eigenvalue weighted by Gasteiger charge is -2.38. The van der Waals surface area contributed by atoms with Gasteiger partial charge in [0.05, 0.1) is 12.0 Å². The Morgan fingerprint density at radius 2 is 2.15 bits per heavy atom. The van der Waals surface area contributed by atoms with Crippen molar-refractivity contribution in [3.05, 3.63) is 0 Å². The van der Waals surface area contributed by atoms with Crippen LogP contribution in [0.2, 0.25) is 0 Å². The summed E-state index contributed by atoms with van der Waals surface area (Å²) in [5.74, 6) is -0.911. The van der Waals surface area contributed by atoms with Gasteiger partial charge in [-0.2, -0.15) is 0 Å². The summed E-state index contributed by atoms with van der Waals surface area (Å²) in [6.45, 7) is 4.63. The van der Waals surface area contributed by atoms with Crippen molar-refractivity contribution in [1.82, 2.24) is 5.32 Å². The molecule has 1 amide bonds. The zero-order valence-corrected chi connectivity index (χ0v) is 12.4. The predicted molar refractivity (Wildman–Crippen MR) is 74.3 cm³/mol. The van der Waals surface area contributed by atoms with Crippen molar-refractivity contribution in [2.24, 2.45) is 11.8 Å². The molecule has 4 atom stereocenters.